The molecule has 1 unspecified atom stereocenters. The molecule has 0 bridgehead atoms. The Morgan fingerprint density at radius 2 is 1.86 bits per heavy atom. The predicted octanol–water partition coefficient (Wildman–Crippen LogP) is 3.56. The van der Waals surface area contributed by atoms with Crippen molar-refractivity contribution >= 4 is 0 Å². The van der Waals surface area contributed by atoms with Gasteiger partial charge in [0.25, 0.3) is 0 Å². The number of rotatable bonds is 5. The van der Waals surface area contributed by atoms with Crippen LogP contribution >= 0.6 is 0 Å². The van der Waals surface area contributed by atoms with Crippen LogP contribution in [0.5, 0.6) is 0 Å². The van der Waals surface area contributed by atoms with E-state index in [9.17, 15) is 0 Å². The number of hydrogen-bond donors (Lipinski definition) is 1. The van der Waals surface area contributed by atoms with Gasteiger partial charge in [-0.05, 0) is 43.9 Å². The largest absolute Gasteiger partial charge is 0.367 e. The van der Waals surface area contributed by atoms with Crippen molar-refractivity contribution in [3.63, 3.8) is 0 Å². The van der Waals surface area contributed by atoms with Crippen molar-refractivity contribution in [2.75, 3.05) is 6.61 Å². The first-order valence-corrected chi connectivity index (χ1v) is 8.03. The Kier molecular flexibility index (Phi) is 4.73. The zero-order valence-electron chi connectivity index (χ0n) is 14.0. The average Bonchev–Trinajstić information content (AvgIpc) is 2.91. The molecular formula is C16H29N3O2. The molecule has 1 fully saturated rings. The minimum Gasteiger partial charge on any atom is -0.367 e. The third-order valence-electron chi connectivity index (χ3n) is 4.68. The molecule has 1 aromatic heterocycles. The van der Waals surface area contributed by atoms with E-state index in [4.69, 9.17) is 15.0 Å². The molecule has 5 heteroatoms. The Bertz CT molecular complexity index is 458. The van der Waals surface area contributed by atoms with Crippen molar-refractivity contribution in [3.05, 3.63) is 11.7 Å². The van der Waals surface area contributed by atoms with E-state index in [1.54, 1.807) is 0 Å². The van der Waals surface area contributed by atoms with Crippen LogP contribution < -0.4 is 5.73 Å². The zero-order chi connectivity index (χ0) is 15.7. The third kappa shape index (κ3) is 3.46. The second kappa shape index (κ2) is 6.05. The van der Waals surface area contributed by atoms with Crippen LogP contribution in [0.2, 0.25) is 0 Å². The standard InChI is InChI=1S/C16H29N3O2/c1-6-20-16(9-7-15(4,5)8-10-16)14-18-13(21-19-14)12(17)11(2)3/h11-12H,6-10,17H2,1-5H3. The highest BCUT2D eigenvalue weighted by molar-refractivity contribution is 5.06. The second-order valence-corrected chi connectivity index (χ2v) is 7.32. The minimum absolute atomic E-state index is 0.218. The molecule has 1 aliphatic rings. The number of aromatic nitrogens is 2. The van der Waals surface area contributed by atoms with Crippen molar-refractivity contribution in [1.82, 2.24) is 10.1 Å². The maximum Gasteiger partial charge on any atom is 0.243 e. The molecule has 2 N–H and O–H groups in total. The van der Waals surface area contributed by atoms with Crippen LogP contribution in [0.15, 0.2) is 4.52 Å². The molecule has 0 radical (unpaired) electrons. The van der Waals surface area contributed by atoms with E-state index >= 15 is 0 Å². The van der Waals surface area contributed by atoms with Crippen LogP contribution in [0.4, 0.5) is 0 Å². The maximum absolute atomic E-state index is 6.10. The fourth-order valence-electron chi connectivity index (χ4n) is 2.88. The van der Waals surface area contributed by atoms with E-state index in [0.717, 1.165) is 25.7 Å². The Hall–Kier alpha value is -0.940. The molecule has 0 aliphatic heterocycles. The summed E-state index contributed by atoms with van der Waals surface area (Å²) in [4.78, 5) is 4.57. The van der Waals surface area contributed by atoms with Gasteiger partial charge in [-0.25, -0.2) is 0 Å². The quantitative estimate of drug-likeness (QED) is 0.899. The van der Waals surface area contributed by atoms with Crippen molar-refractivity contribution in [1.29, 1.82) is 0 Å². The number of hydrogen-bond acceptors (Lipinski definition) is 5. The molecule has 1 aromatic rings. The fourth-order valence-corrected chi connectivity index (χ4v) is 2.88. The summed E-state index contributed by atoms with van der Waals surface area (Å²) in [5.74, 6) is 1.46. The molecule has 0 amide bonds. The molecule has 21 heavy (non-hydrogen) atoms. The molecule has 1 aliphatic carbocycles. The van der Waals surface area contributed by atoms with Gasteiger partial charge < -0.3 is 15.0 Å². The fraction of sp³-hybridized carbons (Fsp3) is 0.875. The summed E-state index contributed by atoms with van der Waals surface area (Å²) in [6.45, 7) is 11.4. The van der Waals surface area contributed by atoms with Crippen LogP contribution in [0.3, 0.4) is 0 Å². The molecule has 2 rings (SSSR count). The number of ether oxygens (including phenoxy) is 1. The van der Waals surface area contributed by atoms with Gasteiger partial charge in [0.1, 0.15) is 5.60 Å². The summed E-state index contributed by atoms with van der Waals surface area (Å²) < 4.78 is 11.5. The molecule has 1 heterocycles. The van der Waals surface area contributed by atoms with Gasteiger partial charge >= 0.3 is 0 Å². The van der Waals surface area contributed by atoms with Crippen molar-refractivity contribution < 1.29 is 9.26 Å². The molecule has 1 saturated carbocycles. The van der Waals surface area contributed by atoms with Gasteiger partial charge in [-0.2, -0.15) is 4.98 Å². The van der Waals surface area contributed by atoms with E-state index in [0.29, 0.717) is 23.7 Å². The van der Waals surface area contributed by atoms with E-state index in [-0.39, 0.29) is 12.0 Å². The minimum atomic E-state index is -0.400. The lowest BCUT2D eigenvalue weighted by Crippen LogP contribution is -2.38. The first kappa shape index (κ1) is 16.4. The van der Waals surface area contributed by atoms with Gasteiger partial charge in [0, 0.05) is 6.61 Å². The highest BCUT2D eigenvalue weighted by atomic mass is 16.5. The van der Waals surface area contributed by atoms with Crippen LogP contribution in [0.25, 0.3) is 0 Å². The Morgan fingerprint density at radius 3 is 2.38 bits per heavy atom. The smallest absolute Gasteiger partial charge is 0.243 e. The summed E-state index contributed by atoms with van der Waals surface area (Å²) in [7, 11) is 0. The van der Waals surface area contributed by atoms with Crippen molar-refractivity contribution in [3.8, 4) is 0 Å². The van der Waals surface area contributed by atoms with E-state index in [1.165, 1.54) is 0 Å². The number of nitrogens with two attached hydrogens (primary N) is 1. The monoisotopic (exact) mass is 295 g/mol. The topological polar surface area (TPSA) is 74.2 Å². The third-order valence-corrected chi connectivity index (χ3v) is 4.68. The van der Waals surface area contributed by atoms with Crippen LogP contribution in [0, 0.1) is 11.3 Å². The van der Waals surface area contributed by atoms with Crippen LogP contribution in [0.1, 0.15) is 78.1 Å². The second-order valence-electron chi connectivity index (χ2n) is 7.32. The highest BCUT2D eigenvalue weighted by Gasteiger charge is 2.44. The lowest BCUT2D eigenvalue weighted by Gasteiger charge is -2.41. The molecule has 0 aromatic carbocycles. The Morgan fingerprint density at radius 1 is 1.24 bits per heavy atom. The lowest BCUT2D eigenvalue weighted by atomic mass is 9.70. The molecule has 5 nitrogen and oxygen atoms in total. The van der Waals surface area contributed by atoms with Crippen molar-refractivity contribution in [2.45, 2.75) is 71.9 Å². The van der Waals surface area contributed by atoms with Crippen LogP contribution in [-0.4, -0.2) is 16.7 Å². The summed E-state index contributed by atoms with van der Waals surface area (Å²) in [5, 5.41) is 4.19. The molecule has 120 valence electrons. The predicted molar refractivity (Wildman–Crippen MR) is 81.6 cm³/mol. The first-order valence-electron chi connectivity index (χ1n) is 8.03. The SMILES string of the molecule is CCOC1(c2noc(C(N)C(C)C)n2)CCC(C)(C)CC1. The van der Waals surface area contributed by atoms with Crippen LogP contribution in [-0.2, 0) is 10.3 Å². The first-order chi connectivity index (χ1) is 9.80. The summed E-state index contributed by atoms with van der Waals surface area (Å²) in [5.41, 5.74) is 6.07. The van der Waals surface area contributed by atoms with Gasteiger partial charge in [0.2, 0.25) is 11.7 Å². The molecular weight excluding hydrogens is 266 g/mol. The molecule has 1 atom stereocenters. The molecule has 0 spiro atoms. The van der Waals surface area contributed by atoms with E-state index in [2.05, 4.69) is 37.8 Å². The van der Waals surface area contributed by atoms with Crippen molar-refractivity contribution in [2.24, 2.45) is 17.1 Å². The maximum atomic E-state index is 6.10. The summed E-state index contributed by atoms with van der Waals surface area (Å²) >= 11 is 0. The number of nitrogens with zero attached hydrogens (tertiary/aromatic N) is 2. The summed E-state index contributed by atoms with van der Waals surface area (Å²) in [6, 6.07) is -0.218. The van der Waals surface area contributed by atoms with Gasteiger partial charge in [-0.3, -0.25) is 0 Å². The Labute approximate surface area is 127 Å². The Balaban J connectivity index is 2.23. The van der Waals surface area contributed by atoms with E-state index in [1.807, 2.05) is 6.92 Å². The highest BCUT2D eigenvalue weighted by Crippen LogP contribution is 2.46. The zero-order valence-corrected chi connectivity index (χ0v) is 14.0. The average molecular weight is 295 g/mol. The molecule has 0 saturated heterocycles. The normalized spacial score (nSPS) is 22.4. The van der Waals surface area contributed by atoms with E-state index < -0.39 is 5.60 Å². The van der Waals surface area contributed by atoms with Gasteiger partial charge in [0.15, 0.2) is 0 Å². The summed E-state index contributed by atoms with van der Waals surface area (Å²) in [6.07, 6.45) is 4.08. The van der Waals surface area contributed by atoms with Gasteiger partial charge in [0.05, 0.1) is 6.04 Å². The van der Waals surface area contributed by atoms with Gasteiger partial charge in [-0.15, -0.1) is 0 Å². The van der Waals surface area contributed by atoms with Gasteiger partial charge in [-0.1, -0.05) is 32.9 Å². The lowest BCUT2D eigenvalue weighted by molar-refractivity contribution is -0.0957.